The van der Waals surface area contributed by atoms with E-state index < -0.39 is 17.8 Å². The van der Waals surface area contributed by atoms with Crippen LogP contribution in [0.3, 0.4) is 0 Å². The number of nitrogens with zero attached hydrogens (tertiary/aromatic N) is 1. The highest BCUT2D eigenvalue weighted by atomic mass is 19.4. The van der Waals surface area contributed by atoms with Crippen molar-refractivity contribution in [2.45, 2.75) is 32.0 Å². The molecule has 1 aliphatic heterocycles. The van der Waals surface area contributed by atoms with Gasteiger partial charge in [0.25, 0.3) is 5.91 Å². The molecule has 1 atom stereocenters. The van der Waals surface area contributed by atoms with Crippen molar-refractivity contribution in [1.82, 2.24) is 5.32 Å². The zero-order valence-corrected chi connectivity index (χ0v) is 19.7. The Morgan fingerprint density at radius 1 is 0.889 bits per heavy atom. The monoisotopic (exact) mass is 496 g/mol. The van der Waals surface area contributed by atoms with Gasteiger partial charge in [0.2, 0.25) is 0 Å². The number of para-hydroxylation sites is 1. The Hall–Kier alpha value is -4.01. The maximum absolute atomic E-state index is 13.3. The van der Waals surface area contributed by atoms with Crippen molar-refractivity contribution in [3.05, 3.63) is 89.5 Å². The fourth-order valence-electron chi connectivity index (χ4n) is 4.25. The Kier molecular flexibility index (Phi) is 7.47. The highest BCUT2D eigenvalue weighted by Crippen LogP contribution is 2.35. The molecule has 3 amide bonds. The van der Waals surface area contributed by atoms with Gasteiger partial charge in [-0.25, -0.2) is 4.79 Å². The predicted molar refractivity (Wildman–Crippen MR) is 134 cm³/mol. The molecule has 36 heavy (non-hydrogen) atoms. The van der Waals surface area contributed by atoms with Gasteiger partial charge < -0.3 is 20.9 Å². The minimum Gasteiger partial charge on any atom is -0.371 e. The van der Waals surface area contributed by atoms with Gasteiger partial charge in [0.1, 0.15) is 0 Å². The molecule has 0 spiro atoms. The second-order valence-corrected chi connectivity index (χ2v) is 8.65. The first-order chi connectivity index (χ1) is 17.2. The van der Waals surface area contributed by atoms with Crippen molar-refractivity contribution in [3.63, 3.8) is 0 Å². The van der Waals surface area contributed by atoms with E-state index in [9.17, 15) is 22.8 Å². The molecule has 1 unspecified atom stereocenters. The largest absolute Gasteiger partial charge is 0.418 e. The lowest BCUT2D eigenvalue weighted by Crippen LogP contribution is -2.30. The zero-order valence-electron chi connectivity index (χ0n) is 19.7. The molecular weight excluding hydrogens is 469 g/mol. The highest BCUT2D eigenvalue weighted by molar-refractivity contribution is 6.04. The fraction of sp³-hybridized carbons (Fsp3) is 0.259. The summed E-state index contributed by atoms with van der Waals surface area (Å²) in [5, 5.41) is 7.81. The molecule has 0 aliphatic carbocycles. The summed E-state index contributed by atoms with van der Waals surface area (Å²) in [6, 6.07) is 18.1. The molecule has 1 heterocycles. The molecule has 188 valence electrons. The van der Waals surface area contributed by atoms with Crippen LogP contribution in [-0.4, -0.2) is 25.0 Å². The van der Waals surface area contributed by atoms with Crippen LogP contribution in [0.5, 0.6) is 0 Å². The summed E-state index contributed by atoms with van der Waals surface area (Å²) in [6.07, 6.45) is -2.58. The van der Waals surface area contributed by atoms with Crippen LogP contribution < -0.4 is 20.9 Å². The van der Waals surface area contributed by atoms with Crippen molar-refractivity contribution in [2.75, 3.05) is 28.6 Å². The van der Waals surface area contributed by atoms with E-state index in [0.717, 1.165) is 43.2 Å². The third-order valence-corrected chi connectivity index (χ3v) is 6.07. The van der Waals surface area contributed by atoms with Crippen LogP contribution in [0.1, 0.15) is 47.3 Å². The van der Waals surface area contributed by atoms with Crippen molar-refractivity contribution in [3.8, 4) is 0 Å². The summed E-state index contributed by atoms with van der Waals surface area (Å²) in [5.41, 5.74) is 1.07. The number of alkyl halides is 3. The van der Waals surface area contributed by atoms with Crippen molar-refractivity contribution in [1.29, 1.82) is 0 Å². The van der Waals surface area contributed by atoms with E-state index >= 15 is 0 Å². The number of urea groups is 1. The van der Waals surface area contributed by atoms with E-state index in [2.05, 4.69) is 20.9 Å². The number of nitrogens with one attached hydrogen (secondary N) is 3. The zero-order chi connectivity index (χ0) is 25.7. The standard InChI is InChI=1S/C27H27F3N4O2/c1-18(19-9-3-2-4-10-19)31-25(35)21-17-20(13-14-24(21)34-15-7-8-16-34)32-26(36)33-23-12-6-5-11-22(23)27(28,29)30/h2-6,9-14,17-18H,7-8,15-16H2,1H3,(H,31,35)(H2,32,33,36). The molecule has 3 N–H and O–H groups in total. The number of rotatable bonds is 6. The van der Waals surface area contributed by atoms with Gasteiger partial charge >= 0.3 is 12.2 Å². The van der Waals surface area contributed by atoms with Crippen LogP contribution in [-0.2, 0) is 6.18 Å². The van der Waals surface area contributed by atoms with Crippen molar-refractivity contribution in [2.24, 2.45) is 0 Å². The van der Waals surface area contributed by atoms with Crippen molar-refractivity contribution < 1.29 is 22.8 Å². The maximum atomic E-state index is 13.3. The Labute approximate surface area is 207 Å². The van der Waals surface area contributed by atoms with Gasteiger partial charge in [-0.15, -0.1) is 0 Å². The quantitative estimate of drug-likeness (QED) is 0.368. The first kappa shape index (κ1) is 25.1. The van der Waals surface area contributed by atoms with E-state index in [1.807, 2.05) is 37.3 Å². The number of anilines is 3. The average molecular weight is 497 g/mol. The lowest BCUT2D eigenvalue weighted by atomic mass is 10.1. The highest BCUT2D eigenvalue weighted by Gasteiger charge is 2.33. The average Bonchev–Trinajstić information content (AvgIpc) is 3.39. The normalized spacial score (nSPS) is 14.3. The molecule has 1 fully saturated rings. The number of hydrogen-bond donors (Lipinski definition) is 3. The van der Waals surface area contributed by atoms with Gasteiger partial charge in [-0.2, -0.15) is 13.2 Å². The number of benzene rings is 3. The van der Waals surface area contributed by atoms with E-state index in [-0.39, 0.29) is 23.3 Å². The van der Waals surface area contributed by atoms with E-state index in [1.165, 1.54) is 18.2 Å². The Morgan fingerprint density at radius 2 is 1.56 bits per heavy atom. The summed E-state index contributed by atoms with van der Waals surface area (Å²) in [5.74, 6) is -0.306. The molecule has 0 saturated carbocycles. The third-order valence-electron chi connectivity index (χ3n) is 6.07. The minimum atomic E-state index is -4.61. The van der Waals surface area contributed by atoms with Gasteiger partial charge in [-0.1, -0.05) is 42.5 Å². The summed E-state index contributed by atoms with van der Waals surface area (Å²) in [4.78, 5) is 28.0. The molecule has 1 aliphatic rings. The fourth-order valence-corrected chi connectivity index (χ4v) is 4.25. The molecular formula is C27H27F3N4O2. The molecule has 4 rings (SSSR count). The SMILES string of the molecule is CC(NC(=O)c1cc(NC(=O)Nc2ccccc2C(F)(F)F)ccc1N1CCCC1)c1ccccc1. The van der Waals surface area contributed by atoms with Crippen LogP contribution >= 0.6 is 0 Å². The number of hydrogen-bond acceptors (Lipinski definition) is 3. The van der Waals surface area contributed by atoms with Crippen LogP contribution in [0.4, 0.5) is 35.0 Å². The van der Waals surface area contributed by atoms with Crippen LogP contribution in [0.15, 0.2) is 72.8 Å². The van der Waals surface area contributed by atoms with Crippen LogP contribution in [0.25, 0.3) is 0 Å². The van der Waals surface area contributed by atoms with Crippen molar-refractivity contribution >= 4 is 29.0 Å². The molecule has 3 aromatic rings. The molecule has 0 radical (unpaired) electrons. The topological polar surface area (TPSA) is 73.5 Å². The molecule has 1 saturated heterocycles. The molecule has 0 bridgehead atoms. The summed E-state index contributed by atoms with van der Waals surface area (Å²) < 4.78 is 39.8. The van der Waals surface area contributed by atoms with Gasteiger partial charge in [-0.3, -0.25) is 4.79 Å². The first-order valence-electron chi connectivity index (χ1n) is 11.7. The van der Waals surface area contributed by atoms with E-state index in [1.54, 1.807) is 18.2 Å². The number of carbonyl (C=O) groups excluding carboxylic acids is 2. The number of halogens is 3. The summed E-state index contributed by atoms with van der Waals surface area (Å²) in [6.45, 7) is 3.52. The van der Waals surface area contributed by atoms with Gasteiger partial charge in [0, 0.05) is 24.5 Å². The lowest BCUT2D eigenvalue weighted by Gasteiger charge is -2.23. The third kappa shape index (κ3) is 5.97. The second kappa shape index (κ2) is 10.7. The van der Waals surface area contributed by atoms with Gasteiger partial charge in [-0.05, 0) is 55.7 Å². The molecule has 0 aromatic heterocycles. The molecule has 6 nitrogen and oxygen atoms in total. The molecule has 9 heteroatoms. The minimum absolute atomic E-state index is 0.246. The second-order valence-electron chi connectivity index (χ2n) is 8.65. The van der Waals surface area contributed by atoms with Crippen LogP contribution in [0.2, 0.25) is 0 Å². The molecule has 3 aromatic carbocycles. The lowest BCUT2D eigenvalue weighted by molar-refractivity contribution is -0.136. The number of amides is 3. The smallest absolute Gasteiger partial charge is 0.371 e. The first-order valence-corrected chi connectivity index (χ1v) is 11.7. The van der Waals surface area contributed by atoms with Gasteiger partial charge in [0.15, 0.2) is 0 Å². The summed E-state index contributed by atoms with van der Waals surface area (Å²) >= 11 is 0. The Balaban J connectivity index is 1.55. The van der Waals surface area contributed by atoms with E-state index in [4.69, 9.17) is 0 Å². The predicted octanol–water partition coefficient (Wildman–Crippen LogP) is 6.44. The Morgan fingerprint density at radius 3 is 2.25 bits per heavy atom. The Bertz CT molecular complexity index is 1230. The van der Waals surface area contributed by atoms with Crippen LogP contribution in [0, 0.1) is 0 Å². The van der Waals surface area contributed by atoms with Gasteiger partial charge in [0.05, 0.1) is 22.9 Å². The van der Waals surface area contributed by atoms with E-state index in [0.29, 0.717) is 5.56 Å². The maximum Gasteiger partial charge on any atom is 0.418 e. The number of carbonyl (C=O) groups is 2. The summed E-state index contributed by atoms with van der Waals surface area (Å²) in [7, 11) is 0.